The van der Waals surface area contributed by atoms with Crippen LogP contribution in [0.1, 0.15) is 6.42 Å². The number of halogens is 1. The van der Waals surface area contributed by atoms with Crippen LogP contribution in [0.5, 0.6) is 0 Å². The lowest BCUT2D eigenvalue weighted by atomic mass is 9.82. The summed E-state index contributed by atoms with van der Waals surface area (Å²) in [4.78, 5) is 1.80. The minimum absolute atomic E-state index is 0.134. The molecule has 1 aliphatic heterocycles. The SMILES string of the molecule is CB(O)N1CC2CC1[C@H](F)[C@H]2N. The molecule has 2 bridgehead atoms. The van der Waals surface area contributed by atoms with Crippen molar-refractivity contribution in [1.29, 1.82) is 0 Å². The molecule has 2 aliphatic rings. The third-order valence-corrected chi connectivity index (χ3v) is 3.18. The molecule has 68 valence electrons. The van der Waals surface area contributed by atoms with E-state index in [1.807, 2.05) is 0 Å². The molecular weight excluding hydrogens is 158 g/mol. The summed E-state index contributed by atoms with van der Waals surface area (Å²) in [5.41, 5.74) is 5.64. The van der Waals surface area contributed by atoms with E-state index in [9.17, 15) is 9.41 Å². The van der Waals surface area contributed by atoms with Gasteiger partial charge in [0, 0.05) is 12.1 Å². The number of hydrogen-bond acceptors (Lipinski definition) is 3. The highest BCUT2D eigenvalue weighted by Gasteiger charge is 2.52. The summed E-state index contributed by atoms with van der Waals surface area (Å²) < 4.78 is 13.3. The zero-order valence-corrected chi connectivity index (χ0v) is 7.15. The monoisotopic (exact) mass is 172 g/mol. The molecule has 0 aromatic heterocycles. The van der Waals surface area contributed by atoms with Gasteiger partial charge in [-0.3, -0.25) is 0 Å². The van der Waals surface area contributed by atoms with Crippen molar-refractivity contribution in [2.24, 2.45) is 11.7 Å². The molecular formula is C7H14BFN2O. The van der Waals surface area contributed by atoms with Gasteiger partial charge >= 0.3 is 7.05 Å². The number of nitrogens with two attached hydrogens (primary N) is 1. The molecule has 5 heteroatoms. The maximum absolute atomic E-state index is 13.3. The van der Waals surface area contributed by atoms with E-state index in [0.29, 0.717) is 0 Å². The Morgan fingerprint density at radius 2 is 2.33 bits per heavy atom. The Morgan fingerprint density at radius 1 is 1.67 bits per heavy atom. The van der Waals surface area contributed by atoms with Crippen molar-refractivity contribution in [3.05, 3.63) is 0 Å². The van der Waals surface area contributed by atoms with Crippen LogP contribution in [0.4, 0.5) is 4.39 Å². The van der Waals surface area contributed by atoms with Crippen molar-refractivity contribution in [2.45, 2.75) is 31.5 Å². The van der Waals surface area contributed by atoms with Gasteiger partial charge in [0.25, 0.3) is 0 Å². The first-order valence-corrected chi connectivity index (χ1v) is 4.44. The third kappa shape index (κ3) is 1.00. The van der Waals surface area contributed by atoms with Crippen molar-refractivity contribution in [1.82, 2.24) is 4.81 Å². The maximum atomic E-state index is 13.3. The summed E-state index contributed by atoms with van der Waals surface area (Å²) in [5, 5.41) is 9.30. The Hall–Kier alpha value is -0.125. The predicted molar refractivity (Wildman–Crippen MR) is 45.3 cm³/mol. The normalized spacial score (nSPS) is 47.0. The Morgan fingerprint density at radius 3 is 2.75 bits per heavy atom. The van der Waals surface area contributed by atoms with Crippen molar-refractivity contribution in [2.75, 3.05) is 6.54 Å². The first kappa shape index (κ1) is 8.47. The van der Waals surface area contributed by atoms with Gasteiger partial charge in [-0.2, -0.15) is 0 Å². The van der Waals surface area contributed by atoms with Gasteiger partial charge in [0.15, 0.2) is 0 Å². The van der Waals surface area contributed by atoms with Crippen LogP contribution in [-0.4, -0.2) is 41.7 Å². The van der Waals surface area contributed by atoms with Gasteiger partial charge in [0.2, 0.25) is 0 Å². The van der Waals surface area contributed by atoms with E-state index in [2.05, 4.69) is 0 Å². The quantitative estimate of drug-likeness (QED) is 0.522. The molecule has 2 rings (SSSR count). The highest BCUT2D eigenvalue weighted by atomic mass is 19.1. The summed E-state index contributed by atoms with van der Waals surface area (Å²) in [7, 11) is -0.536. The highest BCUT2D eigenvalue weighted by Crippen LogP contribution is 2.38. The molecule has 2 unspecified atom stereocenters. The molecule has 1 aliphatic carbocycles. The summed E-state index contributed by atoms with van der Waals surface area (Å²) in [5.74, 6) is 0.250. The molecule has 1 saturated carbocycles. The fraction of sp³-hybridized carbons (Fsp3) is 1.00. The van der Waals surface area contributed by atoms with Crippen LogP contribution in [0, 0.1) is 5.92 Å². The fourth-order valence-corrected chi connectivity index (χ4v) is 2.46. The largest absolute Gasteiger partial charge is 0.437 e. The Kier molecular flexibility index (Phi) is 1.90. The zero-order chi connectivity index (χ0) is 8.88. The van der Waals surface area contributed by atoms with Crippen LogP contribution in [0.3, 0.4) is 0 Å². The van der Waals surface area contributed by atoms with Gasteiger partial charge in [-0.15, -0.1) is 0 Å². The fourth-order valence-electron chi connectivity index (χ4n) is 2.46. The minimum Gasteiger partial charge on any atom is -0.437 e. The molecule has 1 heterocycles. The van der Waals surface area contributed by atoms with Crippen LogP contribution >= 0.6 is 0 Å². The average Bonchev–Trinajstić information content (AvgIpc) is 2.53. The standard InChI is InChI=1S/C7H14BFN2O/c1-8(12)11-3-4-2-5(11)6(9)7(4)10/h4-7,12H,2-3,10H2,1H3/t4?,5?,6-,7-/m0/s1. The molecule has 12 heavy (non-hydrogen) atoms. The van der Waals surface area contributed by atoms with Crippen LogP contribution in [0.2, 0.25) is 6.82 Å². The lowest BCUT2D eigenvalue weighted by molar-refractivity contribution is 0.153. The summed E-state index contributed by atoms with van der Waals surface area (Å²) in [6.45, 7) is 2.43. The number of hydrogen-bond donors (Lipinski definition) is 2. The van der Waals surface area contributed by atoms with Crippen LogP contribution < -0.4 is 5.73 Å². The van der Waals surface area contributed by atoms with Gasteiger partial charge < -0.3 is 15.6 Å². The predicted octanol–water partition coefficient (Wildman–Crippen LogP) is -0.534. The van der Waals surface area contributed by atoms with Crippen molar-refractivity contribution in [3.63, 3.8) is 0 Å². The minimum atomic E-state index is -0.946. The Labute approximate surface area is 71.9 Å². The third-order valence-electron chi connectivity index (χ3n) is 3.18. The second kappa shape index (κ2) is 2.68. The zero-order valence-electron chi connectivity index (χ0n) is 7.15. The highest BCUT2D eigenvalue weighted by molar-refractivity contribution is 6.45. The van der Waals surface area contributed by atoms with Crippen LogP contribution in [0.15, 0.2) is 0 Å². The first-order chi connectivity index (χ1) is 5.61. The van der Waals surface area contributed by atoms with Crippen molar-refractivity contribution in [3.8, 4) is 0 Å². The second-order valence-electron chi connectivity index (χ2n) is 3.91. The molecule has 0 radical (unpaired) electrons. The summed E-state index contributed by atoms with van der Waals surface area (Å²) in [6, 6.07) is -0.435. The number of piperidine rings is 1. The van der Waals surface area contributed by atoms with E-state index in [4.69, 9.17) is 5.73 Å². The van der Waals surface area contributed by atoms with Crippen molar-refractivity contribution < 1.29 is 9.41 Å². The molecule has 0 amide bonds. The molecule has 2 fully saturated rings. The number of rotatable bonds is 1. The Bertz CT molecular complexity index is 190. The van der Waals surface area contributed by atoms with E-state index < -0.39 is 13.2 Å². The van der Waals surface area contributed by atoms with E-state index in [-0.39, 0.29) is 18.0 Å². The molecule has 3 nitrogen and oxygen atoms in total. The number of nitrogens with zero attached hydrogens (tertiary/aromatic N) is 1. The van der Waals surface area contributed by atoms with Crippen LogP contribution in [-0.2, 0) is 0 Å². The molecule has 3 N–H and O–H groups in total. The molecule has 0 aromatic carbocycles. The molecule has 4 atom stereocenters. The van der Waals surface area contributed by atoms with E-state index in [1.54, 1.807) is 11.6 Å². The van der Waals surface area contributed by atoms with Crippen LogP contribution in [0.25, 0.3) is 0 Å². The number of fused-ring (bicyclic) bond motifs is 2. The first-order valence-electron chi connectivity index (χ1n) is 4.44. The van der Waals surface area contributed by atoms with E-state index >= 15 is 0 Å². The van der Waals surface area contributed by atoms with E-state index in [0.717, 1.165) is 13.0 Å². The van der Waals surface area contributed by atoms with Gasteiger partial charge in [-0.25, -0.2) is 4.39 Å². The maximum Gasteiger partial charge on any atom is 0.376 e. The molecule has 0 aromatic rings. The van der Waals surface area contributed by atoms with Gasteiger partial charge in [0.1, 0.15) is 6.17 Å². The van der Waals surface area contributed by atoms with Gasteiger partial charge in [-0.1, -0.05) is 0 Å². The lowest BCUT2D eigenvalue weighted by Crippen LogP contribution is -2.54. The van der Waals surface area contributed by atoms with Gasteiger partial charge in [0.05, 0.1) is 0 Å². The summed E-state index contributed by atoms with van der Waals surface area (Å²) >= 11 is 0. The summed E-state index contributed by atoms with van der Waals surface area (Å²) in [6.07, 6.45) is -0.133. The molecule has 0 spiro atoms. The smallest absolute Gasteiger partial charge is 0.376 e. The van der Waals surface area contributed by atoms with E-state index in [1.165, 1.54) is 0 Å². The molecule has 1 saturated heterocycles. The lowest BCUT2D eigenvalue weighted by Gasteiger charge is -2.33. The second-order valence-corrected chi connectivity index (χ2v) is 3.91. The van der Waals surface area contributed by atoms with Gasteiger partial charge in [-0.05, 0) is 25.7 Å². The topological polar surface area (TPSA) is 49.5 Å². The Balaban J connectivity index is 2.10. The number of alkyl halides is 1. The van der Waals surface area contributed by atoms with Crippen molar-refractivity contribution >= 4 is 7.05 Å². The average molecular weight is 172 g/mol.